The van der Waals surface area contributed by atoms with Crippen molar-refractivity contribution in [2.75, 3.05) is 37.8 Å². The molecule has 2 heterocycles. The Bertz CT molecular complexity index is 859. The second-order valence-corrected chi connectivity index (χ2v) is 6.40. The van der Waals surface area contributed by atoms with Gasteiger partial charge >= 0.3 is 0 Å². The molecule has 1 saturated heterocycles. The highest BCUT2D eigenvalue weighted by Crippen LogP contribution is 2.23. The van der Waals surface area contributed by atoms with Gasteiger partial charge in [-0.05, 0) is 44.6 Å². The molecule has 0 saturated carbocycles. The van der Waals surface area contributed by atoms with E-state index in [0.717, 1.165) is 37.3 Å². The van der Waals surface area contributed by atoms with Crippen LogP contribution in [0, 0.1) is 10.8 Å². The van der Waals surface area contributed by atoms with Crippen LogP contribution in [0.25, 0.3) is 5.57 Å². The average molecular weight is 383 g/mol. The Labute approximate surface area is 167 Å². The lowest BCUT2D eigenvalue weighted by Gasteiger charge is -2.17. The molecule has 8 heteroatoms. The molecule has 1 aromatic carbocycles. The number of rotatable bonds is 5. The third-order valence-electron chi connectivity index (χ3n) is 4.33. The fourth-order valence-electron chi connectivity index (χ4n) is 2.92. The van der Waals surface area contributed by atoms with Crippen LogP contribution in [0.3, 0.4) is 0 Å². The Morgan fingerprint density at radius 3 is 2.50 bits per heavy atom. The molecule has 3 rings (SSSR count). The van der Waals surface area contributed by atoms with Gasteiger partial charge in [-0.15, -0.1) is 0 Å². The molecular weight excluding hydrogens is 352 g/mol. The van der Waals surface area contributed by atoms with Crippen LogP contribution in [0.2, 0.25) is 0 Å². The minimum atomic E-state index is 0. The van der Waals surface area contributed by atoms with E-state index in [9.17, 15) is 0 Å². The summed E-state index contributed by atoms with van der Waals surface area (Å²) in [7, 11) is 3.75. The van der Waals surface area contributed by atoms with E-state index in [2.05, 4.69) is 20.2 Å². The molecule has 0 unspecified atom stereocenters. The second kappa shape index (κ2) is 10.2. The number of hydrogen-bond acceptors (Lipinski definition) is 8. The van der Waals surface area contributed by atoms with Gasteiger partial charge in [0.2, 0.25) is 0 Å². The van der Waals surface area contributed by atoms with Crippen LogP contribution in [0.15, 0.2) is 36.8 Å². The lowest BCUT2D eigenvalue weighted by Crippen LogP contribution is -2.20. The monoisotopic (exact) mass is 382 g/mol. The lowest BCUT2D eigenvalue weighted by molar-refractivity contribution is 0.925. The number of nitrogens with two attached hydrogens (primary N) is 2. The van der Waals surface area contributed by atoms with Gasteiger partial charge < -0.3 is 27.1 Å². The third kappa shape index (κ3) is 4.92. The van der Waals surface area contributed by atoms with E-state index in [1.165, 1.54) is 18.7 Å². The molecule has 0 amide bonds. The molecule has 0 radical (unpaired) electrons. The summed E-state index contributed by atoms with van der Waals surface area (Å²) < 4.78 is 0. The van der Waals surface area contributed by atoms with Crippen molar-refractivity contribution in [1.29, 1.82) is 10.8 Å². The van der Waals surface area contributed by atoms with Crippen LogP contribution in [-0.4, -0.2) is 49.1 Å². The van der Waals surface area contributed by atoms with Crippen molar-refractivity contribution in [2.45, 2.75) is 12.8 Å². The number of aromatic nitrogens is 2. The zero-order valence-electron chi connectivity index (χ0n) is 16.4. The first kappa shape index (κ1) is 21.0. The van der Waals surface area contributed by atoms with Crippen molar-refractivity contribution in [2.24, 2.45) is 5.73 Å². The number of allylic oxidation sites excluding steroid dienone is 1. The summed E-state index contributed by atoms with van der Waals surface area (Å²) in [6, 6.07) is 7.09. The highest BCUT2D eigenvalue weighted by atomic mass is 15.2. The summed E-state index contributed by atoms with van der Waals surface area (Å²) >= 11 is 0. The van der Waals surface area contributed by atoms with E-state index < -0.39 is 0 Å². The first-order valence-corrected chi connectivity index (χ1v) is 9.12. The summed E-state index contributed by atoms with van der Waals surface area (Å²) in [4.78, 5) is 10.8. The standard InChI is InChI=1S/C18H21N7.C2H7N.H2/c19-9-13(10-20)12-3-4-15(21)14(7-12)18(22)16-8-17(24-11-23-16)25-5-1-2-6-25;1-3-2;/h3-4,7-11,19,22H,1-2,5-6,20-21H2;3H,1-2H3;1H/b13-10+,19-9?,22-18?;;. The summed E-state index contributed by atoms with van der Waals surface area (Å²) in [5.74, 6) is 0.837. The van der Waals surface area contributed by atoms with Gasteiger partial charge in [-0.2, -0.15) is 0 Å². The Hall–Kier alpha value is -3.26. The molecule has 0 spiro atoms. The predicted molar refractivity (Wildman–Crippen MR) is 118 cm³/mol. The molecule has 1 fully saturated rings. The van der Waals surface area contributed by atoms with Gasteiger partial charge in [-0.1, -0.05) is 6.07 Å². The zero-order valence-corrected chi connectivity index (χ0v) is 16.4. The molecule has 0 atom stereocenters. The van der Waals surface area contributed by atoms with E-state index in [-0.39, 0.29) is 7.14 Å². The van der Waals surface area contributed by atoms with Crippen molar-refractivity contribution in [3.05, 3.63) is 53.6 Å². The van der Waals surface area contributed by atoms with Crippen molar-refractivity contribution < 1.29 is 1.43 Å². The molecule has 2 aromatic rings. The third-order valence-corrected chi connectivity index (χ3v) is 4.33. The van der Waals surface area contributed by atoms with E-state index >= 15 is 0 Å². The molecule has 1 aliphatic rings. The molecule has 0 bridgehead atoms. The Morgan fingerprint density at radius 1 is 1.21 bits per heavy atom. The van der Waals surface area contributed by atoms with E-state index in [1.54, 1.807) is 18.2 Å². The number of hydrogen-bond donors (Lipinski definition) is 5. The van der Waals surface area contributed by atoms with E-state index in [4.69, 9.17) is 22.3 Å². The van der Waals surface area contributed by atoms with Crippen LogP contribution >= 0.6 is 0 Å². The average Bonchev–Trinajstić information content (AvgIpc) is 3.25. The quantitative estimate of drug-likeness (QED) is 0.396. The van der Waals surface area contributed by atoms with Crippen molar-refractivity contribution in [1.82, 2.24) is 15.3 Å². The first-order chi connectivity index (χ1) is 13.5. The van der Waals surface area contributed by atoms with Gasteiger partial charge in [-0.3, -0.25) is 5.41 Å². The van der Waals surface area contributed by atoms with Crippen LogP contribution in [-0.2, 0) is 0 Å². The fraction of sp³-hybridized carbons (Fsp3) is 0.300. The largest absolute Gasteiger partial charge is 0.404 e. The van der Waals surface area contributed by atoms with Gasteiger partial charge in [0.1, 0.15) is 12.1 Å². The molecule has 7 N–H and O–H groups in total. The maximum atomic E-state index is 8.53. The summed E-state index contributed by atoms with van der Waals surface area (Å²) in [6.45, 7) is 1.96. The van der Waals surface area contributed by atoms with Crippen LogP contribution in [0.1, 0.15) is 31.1 Å². The predicted octanol–water partition coefficient (Wildman–Crippen LogP) is 2.11. The van der Waals surface area contributed by atoms with Crippen molar-refractivity contribution in [3.63, 3.8) is 0 Å². The molecule has 28 heavy (non-hydrogen) atoms. The summed E-state index contributed by atoms with van der Waals surface area (Å²) in [6.07, 6.45) is 6.34. The maximum absolute atomic E-state index is 8.53. The first-order valence-electron chi connectivity index (χ1n) is 9.12. The zero-order chi connectivity index (χ0) is 20.5. The molecule has 150 valence electrons. The van der Waals surface area contributed by atoms with Crippen molar-refractivity contribution in [3.8, 4) is 0 Å². The summed E-state index contributed by atoms with van der Waals surface area (Å²) in [5, 5.41) is 18.7. The van der Waals surface area contributed by atoms with Crippen LogP contribution in [0.4, 0.5) is 11.5 Å². The molecule has 0 aliphatic carbocycles. The van der Waals surface area contributed by atoms with Gasteiger partial charge in [0.05, 0.1) is 11.4 Å². The van der Waals surface area contributed by atoms with Gasteiger partial charge in [0.25, 0.3) is 0 Å². The minimum absolute atomic E-state index is 0. The van der Waals surface area contributed by atoms with E-state index in [1.807, 2.05) is 20.2 Å². The van der Waals surface area contributed by atoms with Crippen LogP contribution in [0.5, 0.6) is 0 Å². The van der Waals surface area contributed by atoms with E-state index in [0.29, 0.717) is 22.5 Å². The number of benzene rings is 1. The number of anilines is 2. The molecule has 1 aliphatic heterocycles. The molecular formula is C20H30N8. The fourth-order valence-corrected chi connectivity index (χ4v) is 2.92. The van der Waals surface area contributed by atoms with Crippen LogP contribution < -0.4 is 21.7 Å². The lowest BCUT2D eigenvalue weighted by atomic mass is 9.99. The summed E-state index contributed by atoms with van der Waals surface area (Å²) in [5.41, 5.74) is 14.7. The van der Waals surface area contributed by atoms with Gasteiger partial charge in [0.15, 0.2) is 0 Å². The number of nitrogens with one attached hydrogen (secondary N) is 3. The molecule has 8 nitrogen and oxygen atoms in total. The highest BCUT2D eigenvalue weighted by Gasteiger charge is 2.17. The van der Waals surface area contributed by atoms with Gasteiger partial charge in [-0.25, -0.2) is 9.97 Å². The minimum Gasteiger partial charge on any atom is -0.404 e. The normalized spacial score (nSPS) is 13.6. The Balaban J connectivity index is 0.000000990. The number of nitrogens with zero attached hydrogens (tertiary/aromatic N) is 3. The number of nitrogen functional groups attached to an aromatic ring is 1. The topological polar surface area (TPSA) is 141 Å². The SMILES string of the molecule is CNC.N=C/C(=C\N)c1ccc(N)c(C(=N)c2cc(N3CCCC3)ncn2)c1.[HH]. The molecule has 1 aromatic heterocycles. The Kier molecular flexibility index (Phi) is 7.65. The van der Waals surface area contributed by atoms with Gasteiger partial charge in [0, 0.05) is 49.8 Å². The Morgan fingerprint density at radius 2 is 1.89 bits per heavy atom. The second-order valence-electron chi connectivity index (χ2n) is 6.40. The maximum Gasteiger partial charge on any atom is 0.132 e. The smallest absolute Gasteiger partial charge is 0.132 e. The van der Waals surface area contributed by atoms with Crippen molar-refractivity contribution >= 4 is 29.0 Å². The highest BCUT2D eigenvalue weighted by molar-refractivity contribution is 6.15.